The maximum Gasteiger partial charge on any atom is 0.190 e. The van der Waals surface area contributed by atoms with Crippen LogP contribution in [0.2, 0.25) is 0 Å². The number of halogens is 1. The van der Waals surface area contributed by atoms with Gasteiger partial charge >= 0.3 is 0 Å². The first-order valence-corrected chi connectivity index (χ1v) is 11.0. The van der Waals surface area contributed by atoms with Crippen molar-refractivity contribution in [2.24, 2.45) is 4.99 Å². The van der Waals surface area contributed by atoms with Crippen molar-refractivity contribution in [2.75, 3.05) is 6.61 Å². The van der Waals surface area contributed by atoms with Crippen LogP contribution in [0.5, 0.6) is 0 Å². The van der Waals surface area contributed by atoms with Gasteiger partial charge in [-0.3, -0.25) is 0 Å². The molecule has 27 heavy (non-hydrogen) atoms. The number of hydrogen-bond acceptors (Lipinski definition) is 3. The zero-order chi connectivity index (χ0) is 18.8. The predicted molar refractivity (Wildman–Crippen MR) is 116 cm³/mol. The van der Waals surface area contributed by atoms with Gasteiger partial charge in [-0.25, -0.2) is 4.99 Å². The van der Waals surface area contributed by atoms with Crippen LogP contribution in [0.3, 0.4) is 0 Å². The van der Waals surface area contributed by atoms with Crippen LogP contribution in [-0.2, 0) is 11.3 Å². The molecule has 0 aliphatic carbocycles. The molecule has 1 atom stereocenters. The van der Waals surface area contributed by atoms with Gasteiger partial charge in [0.1, 0.15) is 0 Å². The highest BCUT2D eigenvalue weighted by atomic mass is 79.9. The molecule has 0 spiro atoms. The third-order valence-electron chi connectivity index (χ3n) is 4.94. The molecule has 3 aromatic rings. The Hall–Kier alpha value is -1.69. The first-order chi connectivity index (χ1) is 13.1. The van der Waals surface area contributed by atoms with Crippen molar-refractivity contribution in [1.29, 1.82) is 0 Å². The fraction of sp³-hybridized carbons (Fsp3) is 0.318. The van der Waals surface area contributed by atoms with E-state index in [4.69, 9.17) is 9.73 Å². The van der Waals surface area contributed by atoms with Crippen LogP contribution in [0.4, 0.5) is 5.69 Å². The van der Waals surface area contributed by atoms with Gasteiger partial charge in [-0.15, -0.1) is 11.3 Å². The minimum absolute atomic E-state index is 0.262. The van der Waals surface area contributed by atoms with Crippen molar-refractivity contribution >= 4 is 33.0 Å². The molecule has 1 fully saturated rings. The molecule has 0 radical (unpaired) electrons. The Kier molecular flexibility index (Phi) is 5.62. The van der Waals surface area contributed by atoms with E-state index < -0.39 is 0 Å². The Bertz CT molecular complexity index is 1020. The topological polar surface area (TPSA) is 26.5 Å². The Balaban J connectivity index is 1.85. The van der Waals surface area contributed by atoms with Gasteiger partial charge in [-0.2, -0.15) is 0 Å². The Morgan fingerprint density at radius 1 is 1.22 bits per heavy atom. The van der Waals surface area contributed by atoms with E-state index in [-0.39, 0.29) is 6.10 Å². The lowest BCUT2D eigenvalue weighted by Gasteiger charge is -2.15. The van der Waals surface area contributed by atoms with Gasteiger partial charge in [0.05, 0.1) is 24.0 Å². The van der Waals surface area contributed by atoms with Crippen LogP contribution in [0.1, 0.15) is 24.0 Å². The molecule has 0 bridgehead atoms. The molecule has 1 aliphatic rings. The third-order valence-corrected chi connectivity index (χ3v) is 6.49. The lowest BCUT2D eigenvalue weighted by molar-refractivity contribution is 0.0968. The number of hydrogen-bond donors (Lipinski definition) is 0. The number of nitrogens with zero attached hydrogens (tertiary/aromatic N) is 2. The lowest BCUT2D eigenvalue weighted by atomic mass is 10.1. The Morgan fingerprint density at radius 2 is 2.07 bits per heavy atom. The SMILES string of the molecule is Cc1ccc(C)c(N=c2scc(-c3ccccc3Br)n2CC2CCCO2)c1. The Morgan fingerprint density at radius 3 is 2.85 bits per heavy atom. The van der Waals surface area contributed by atoms with Gasteiger partial charge < -0.3 is 9.30 Å². The molecule has 5 heteroatoms. The zero-order valence-corrected chi connectivity index (χ0v) is 18.0. The molecule has 1 aromatic heterocycles. The average molecular weight is 443 g/mol. The summed E-state index contributed by atoms with van der Waals surface area (Å²) in [6.07, 6.45) is 2.52. The summed E-state index contributed by atoms with van der Waals surface area (Å²) in [5, 5.41) is 2.21. The first-order valence-electron chi connectivity index (χ1n) is 9.28. The van der Waals surface area contributed by atoms with Gasteiger partial charge in [0.15, 0.2) is 4.80 Å². The minimum Gasteiger partial charge on any atom is -0.376 e. The van der Waals surface area contributed by atoms with Crippen LogP contribution in [0, 0.1) is 13.8 Å². The van der Waals surface area contributed by atoms with E-state index in [0.29, 0.717) is 0 Å². The number of thiazole rings is 1. The number of rotatable bonds is 4. The third kappa shape index (κ3) is 4.10. The van der Waals surface area contributed by atoms with E-state index in [1.807, 2.05) is 6.07 Å². The second kappa shape index (κ2) is 8.13. The van der Waals surface area contributed by atoms with Crippen molar-refractivity contribution in [1.82, 2.24) is 4.57 Å². The summed E-state index contributed by atoms with van der Waals surface area (Å²) in [6.45, 7) is 5.93. The van der Waals surface area contributed by atoms with Crippen LogP contribution < -0.4 is 4.80 Å². The van der Waals surface area contributed by atoms with E-state index in [1.54, 1.807) is 11.3 Å². The highest BCUT2D eigenvalue weighted by Gasteiger charge is 2.19. The second-order valence-corrected chi connectivity index (χ2v) is 8.72. The largest absolute Gasteiger partial charge is 0.376 e. The average Bonchev–Trinajstić information content (AvgIpc) is 3.30. The van der Waals surface area contributed by atoms with Gasteiger partial charge in [0, 0.05) is 22.0 Å². The first kappa shape index (κ1) is 18.7. The zero-order valence-electron chi connectivity index (χ0n) is 15.6. The summed E-state index contributed by atoms with van der Waals surface area (Å²) in [4.78, 5) is 6.05. The molecule has 140 valence electrons. The van der Waals surface area contributed by atoms with Crippen LogP contribution in [0.25, 0.3) is 11.3 Å². The molecule has 2 aromatic carbocycles. The molecule has 4 rings (SSSR count). The maximum absolute atomic E-state index is 5.93. The van der Waals surface area contributed by atoms with Crippen molar-refractivity contribution < 1.29 is 4.74 Å². The minimum atomic E-state index is 0.262. The van der Waals surface area contributed by atoms with E-state index in [2.05, 4.69) is 76.1 Å². The van der Waals surface area contributed by atoms with Crippen molar-refractivity contribution in [3.05, 3.63) is 68.2 Å². The molecule has 0 N–H and O–H groups in total. The van der Waals surface area contributed by atoms with Gasteiger partial charge in [0.25, 0.3) is 0 Å². The summed E-state index contributed by atoms with van der Waals surface area (Å²) < 4.78 is 9.35. The summed E-state index contributed by atoms with van der Waals surface area (Å²) in [5.74, 6) is 0. The van der Waals surface area contributed by atoms with E-state index in [1.165, 1.54) is 22.4 Å². The maximum atomic E-state index is 5.93. The molecule has 2 heterocycles. The van der Waals surface area contributed by atoms with Crippen LogP contribution in [0.15, 0.2) is 57.3 Å². The fourth-order valence-electron chi connectivity index (χ4n) is 3.41. The molecule has 0 amide bonds. The molecule has 0 saturated carbocycles. The monoisotopic (exact) mass is 442 g/mol. The fourth-order valence-corrected chi connectivity index (χ4v) is 4.82. The number of ether oxygens (including phenoxy) is 1. The number of aryl methyl sites for hydroxylation is 2. The molecule has 1 saturated heterocycles. The van der Waals surface area contributed by atoms with Gasteiger partial charge in [-0.05, 0) is 49.9 Å². The van der Waals surface area contributed by atoms with E-state index in [0.717, 1.165) is 41.0 Å². The lowest BCUT2D eigenvalue weighted by Crippen LogP contribution is -2.24. The van der Waals surface area contributed by atoms with Gasteiger partial charge in [0.2, 0.25) is 0 Å². The molecule has 1 aliphatic heterocycles. The summed E-state index contributed by atoms with van der Waals surface area (Å²) >= 11 is 5.40. The Labute approximate surface area is 172 Å². The summed E-state index contributed by atoms with van der Waals surface area (Å²) in [5.41, 5.74) is 5.84. The normalized spacial score (nSPS) is 17.6. The molecular formula is C22H23BrN2OS. The second-order valence-electron chi connectivity index (χ2n) is 7.03. The summed E-state index contributed by atoms with van der Waals surface area (Å²) in [6, 6.07) is 14.8. The van der Waals surface area contributed by atoms with Gasteiger partial charge in [-0.1, -0.05) is 46.3 Å². The van der Waals surface area contributed by atoms with Crippen molar-refractivity contribution in [3.8, 4) is 11.3 Å². The number of benzene rings is 2. The number of aromatic nitrogens is 1. The quantitative estimate of drug-likeness (QED) is 0.485. The highest BCUT2D eigenvalue weighted by molar-refractivity contribution is 9.10. The van der Waals surface area contributed by atoms with Crippen molar-refractivity contribution in [3.63, 3.8) is 0 Å². The molecule has 1 unspecified atom stereocenters. The van der Waals surface area contributed by atoms with Crippen molar-refractivity contribution in [2.45, 2.75) is 39.3 Å². The van der Waals surface area contributed by atoms with Crippen LogP contribution >= 0.6 is 27.3 Å². The van der Waals surface area contributed by atoms with E-state index >= 15 is 0 Å². The smallest absolute Gasteiger partial charge is 0.190 e. The van der Waals surface area contributed by atoms with E-state index in [9.17, 15) is 0 Å². The molecular weight excluding hydrogens is 420 g/mol. The standard InChI is InChI=1S/C22H23BrN2OS/c1-15-9-10-16(2)20(12-15)24-22-25(13-17-6-5-11-26-17)21(14-27-22)18-7-3-4-8-19(18)23/h3-4,7-10,12,14,17H,5-6,11,13H2,1-2H3. The van der Waals surface area contributed by atoms with Crippen LogP contribution in [-0.4, -0.2) is 17.3 Å². The molecule has 3 nitrogen and oxygen atoms in total. The summed E-state index contributed by atoms with van der Waals surface area (Å²) in [7, 11) is 0. The highest BCUT2D eigenvalue weighted by Crippen LogP contribution is 2.30. The predicted octanol–water partition coefficient (Wildman–Crippen LogP) is 6.01.